The van der Waals surface area contributed by atoms with Crippen LogP contribution in [0, 0.1) is 6.92 Å². The average Bonchev–Trinajstić information content (AvgIpc) is 3.12. The fraction of sp³-hybridized carbons (Fsp3) is 0.444. The molecule has 1 fully saturated rings. The van der Waals surface area contributed by atoms with Gasteiger partial charge in [0.15, 0.2) is 0 Å². The summed E-state index contributed by atoms with van der Waals surface area (Å²) >= 11 is 1.54. The fourth-order valence-corrected chi connectivity index (χ4v) is 4.83. The van der Waals surface area contributed by atoms with E-state index in [2.05, 4.69) is 14.6 Å². The number of sulfonamides is 1. The summed E-state index contributed by atoms with van der Waals surface area (Å²) in [7, 11) is -1.88. The summed E-state index contributed by atoms with van der Waals surface area (Å²) in [6.07, 6.45) is 0. The van der Waals surface area contributed by atoms with E-state index in [4.69, 9.17) is 5.73 Å². The van der Waals surface area contributed by atoms with E-state index in [1.807, 2.05) is 19.4 Å². The molecule has 1 aromatic carbocycles. The van der Waals surface area contributed by atoms with Crippen LogP contribution < -0.4 is 10.5 Å². The summed E-state index contributed by atoms with van der Waals surface area (Å²) in [5, 5.41) is 2.87. The number of nitrogens with two attached hydrogens (primary N) is 1. The van der Waals surface area contributed by atoms with Gasteiger partial charge >= 0.3 is 0 Å². The molecule has 0 unspecified atom stereocenters. The van der Waals surface area contributed by atoms with Crippen molar-refractivity contribution in [3.05, 3.63) is 34.7 Å². The maximum atomic E-state index is 12.7. The van der Waals surface area contributed by atoms with Crippen molar-refractivity contribution in [3.8, 4) is 11.3 Å². The Morgan fingerprint density at radius 3 is 2.43 bits per heavy atom. The molecule has 0 spiro atoms. The van der Waals surface area contributed by atoms with Crippen LogP contribution in [0.15, 0.2) is 34.5 Å². The van der Waals surface area contributed by atoms with Crippen molar-refractivity contribution in [1.82, 2.24) is 19.5 Å². The number of amides is 1. The third-order valence-corrected chi connectivity index (χ3v) is 6.99. The zero-order valence-corrected chi connectivity index (χ0v) is 17.6. The number of benzene rings is 1. The minimum Gasteiger partial charge on any atom is -0.339 e. The molecule has 0 saturated carbocycles. The Bertz CT molecular complexity index is 919. The zero-order valence-electron chi connectivity index (χ0n) is 16.0. The number of aromatic nitrogens is 1. The van der Waals surface area contributed by atoms with E-state index in [-0.39, 0.29) is 17.3 Å². The molecule has 3 rings (SSSR count). The highest BCUT2D eigenvalue weighted by molar-refractivity contribution is 7.89. The molecule has 2 aromatic rings. The number of rotatable bonds is 6. The third kappa shape index (κ3) is 4.76. The molecular weight excluding hydrogens is 398 g/mol. The van der Waals surface area contributed by atoms with Crippen LogP contribution >= 0.6 is 11.3 Å². The summed E-state index contributed by atoms with van der Waals surface area (Å²) in [4.78, 5) is 21.0. The van der Waals surface area contributed by atoms with Crippen LogP contribution in [-0.4, -0.2) is 74.9 Å². The molecule has 28 heavy (non-hydrogen) atoms. The molecule has 8 nitrogen and oxygen atoms in total. The number of nitrogens with zero attached hydrogens (tertiary/aromatic N) is 3. The highest BCUT2D eigenvalue weighted by Crippen LogP contribution is 2.23. The number of piperazine rings is 1. The lowest BCUT2D eigenvalue weighted by atomic mass is 10.2. The normalized spacial score (nSPS) is 16.9. The lowest BCUT2D eigenvalue weighted by Crippen LogP contribution is -2.56. The molecule has 3 N–H and O–H groups in total. The second kappa shape index (κ2) is 8.66. The Labute approximate surface area is 169 Å². The Morgan fingerprint density at radius 1 is 1.25 bits per heavy atom. The largest absolute Gasteiger partial charge is 0.339 e. The summed E-state index contributed by atoms with van der Waals surface area (Å²) in [5.41, 5.74) is 7.35. The van der Waals surface area contributed by atoms with Gasteiger partial charge in [-0.05, 0) is 26.1 Å². The van der Waals surface area contributed by atoms with Crippen LogP contribution in [0.2, 0.25) is 0 Å². The molecule has 0 aliphatic carbocycles. The first-order chi connectivity index (χ1) is 13.3. The lowest BCUT2D eigenvalue weighted by Gasteiger charge is -2.34. The van der Waals surface area contributed by atoms with E-state index in [1.165, 1.54) is 23.5 Å². The minimum atomic E-state index is -3.87. The van der Waals surface area contributed by atoms with Crippen LogP contribution in [0.1, 0.15) is 5.01 Å². The maximum absolute atomic E-state index is 12.7. The molecule has 1 amide bonds. The van der Waals surface area contributed by atoms with E-state index in [9.17, 15) is 13.2 Å². The first-order valence-corrected chi connectivity index (χ1v) is 11.4. The first kappa shape index (κ1) is 20.9. The van der Waals surface area contributed by atoms with Gasteiger partial charge in [-0.3, -0.25) is 4.79 Å². The van der Waals surface area contributed by atoms with Gasteiger partial charge in [-0.25, -0.2) is 13.4 Å². The Kier molecular flexibility index (Phi) is 6.46. The predicted molar refractivity (Wildman–Crippen MR) is 110 cm³/mol. The number of hydrogen-bond acceptors (Lipinski definition) is 7. The van der Waals surface area contributed by atoms with Crippen molar-refractivity contribution in [3.63, 3.8) is 0 Å². The van der Waals surface area contributed by atoms with Crippen LogP contribution in [0.4, 0.5) is 0 Å². The van der Waals surface area contributed by atoms with E-state index in [1.54, 1.807) is 17.0 Å². The summed E-state index contributed by atoms with van der Waals surface area (Å²) in [6.45, 7) is 4.47. The smallest absolute Gasteiger partial charge is 0.242 e. The van der Waals surface area contributed by atoms with Crippen LogP contribution in [-0.2, 0) is 14.8 Å². The maximum Gasteiger partial charge on any atom is 0.242 e. The van der Waals surface area contributed by atoms with Crippen molar-refractivity contribution in [2.45, 2.75) is 17.9 Å². The van der Waals surface area contributed by atoms with Gasteiger partial charge in [0.2, 0.25) is 15.9 Å². The van der Waals surface area contributed by atoms with E-state index in [0.717, 1.165) is 29.4 Å². The number of likely N-dealkylation sites (N-methyl/N-ethyl adjacent to an activating group) is 1. The monoisotopic (exact) mass is 423 g/mol. The van der Waals surface area contributed by atoms with Crippen LogP contribution in [0.5, 0.6) is 0 Å². The number of nitrogens with one attached hydrogen (secondary N) is 1. The van der Waals surface area contributed by atoms with E-state index < -0.39 is 16.1 Å². The Morgan fingerprint density at radius 2 is 1.89 bits per heavy atom. The van der Waals surface area contributed by atoms with Crippen molar-refractivity contribution in [1.29, 1.82) is 0 Å². The molecule has 0 bridgehead atoms. The molecule has 0 radical (unpaired) electrons. The molecule has 152 valence electrons. The van der Waals surface area contributed by atoms with Crippen molar-refractivity contribution in [2.24, 2.45) is 5.73 Å². The van der Waals surface area contributed by atoms with Gasteiger partial charge in [-0.2, -0.15) is 4.72 Å². The summed E-state index contributed by atoms with van der Waals surface area (Å²) in [6, 6.07) is 5.47. The summed E-state index contributed by atoms with van der Waals surface area (Å²) < 4.78 is 27.9. The number of carbonyl (C=O) groups excluding carboxylic acids is 1. The zero-order chi connectivity index (χ0) is 20.3. The van der Waals surface area contributed by atoms with Crippen LogP contribution in [0.25, 0.3) is 11.3 Å². The predicted octanol–water partition coefficient (Wildman–Crippen LogP) is 0.498. The lowest BCUT2D eigenvalue weighted by molar-refractivity contribution is -0.134. The molecule has 1 atom stereocenters. The molecular formula is C18H25N5O3S2. The second-order valence-corrected chi connectivity index (χ2v) is 9.59. The Balaban J connectivity index is 1.71. The van der Waals surface area contributed by atoms with Crippen molar-refractivity contribution < 1.29 is 13.2 Å². The van der Waals surface area contributed by atoms with Gasteiger partial charge in [0.05, 0.1) is 15.6 Å². The first-order valence-electron chi connectivity index (χ1n) is 9.02. The van der Waals surface area contributed by atoms with Crippen LogP contribution in [0.3, 0.4) is 0 Å². The molecule has 1 saturated heterocycles. The number of hydrogen-bond donors (Lipinski definition) is 2. The number of thiazole rings is 1. The average molecular weight is 424 g/mol. The van der Waals surface area contributed by atoms with E-state index >= 15 is 0 Å². The highest BCUT2D eigenvalue weighted by Gasteiger charge is 2.29. The number of carbonyl (C=O) groups is 1. The number of aryl methyl sites for hydroxylation is 1. The standard InChI is InChI=1S/C18H25N5O3S2/c1-13-20-17(12-27-13)14-3-5-15(6-4-14)28(25,26)21-16(11-19)18(24)23-9-7-22(2)8-10-23/h3-6,12,16,21H,7-11,19H2,1-2H3/t16-/m0/s1. The highest BCUT2D eigenvalue weighted by atomic mass is 32.2. The van der Waals surface area contributed by atoms with Gasteiger partial charge in [-0.1, -0.05) is 12.1 Å². The third-order valence-electron chi connectivity index (χ3n) is 4.73. The van der Waals surface area contributed by atoms with Gasteiger partial charge in [0, 0.05) is 43.7 Å². The minimum absolute atomic E-state index is 0.0906. The summed E-state index contributed by atoms with van der Waals surface area (Å²) in [5.74, 6) is -0.284. The molecule has 1 aliphatic heterocycles. The van der Waals surface area contributed by atoms with Gasteiger partial charge in [0.1, 0.15) is 6.04 Å². The van der Waals surface area contributed by atoms with Crippen molar-refractivity contribution >= 4 is 27.3 Å². The van der Waals surface area contributed by atoms with Crippen molar-refractivity contribution in [2.75, 3.05) is 39.8 Å². The fourth-order valence-electron chi connectivity index (χ4n) is 3.00. The van der Waals surface area contributed by atoms with Gasteiger partial charge in [0.25, 0.3) is 0 Å². The molecule has 2 heterocycles. The topological polar surface area (TPSA) is 109 Å². The van der Waals surface area contributed by atoms with E-state index in [0.29, 0.717) is 13.1 Å². The molecule has 10 heteroatoms. The molecule has 1 aliphatic rings. The van der Waals surface area contributed by atoms with Gasteiger partial charge in [-0.15, -0.1) is 11.3 Å². The quantitative estimate of drug-likeness (QED) is 0.700. The second-order valence-electron chi connectivity index (χ2n) is 6.81. The Hall–Kier alpha value is -1.85. The van der Waals surface area contributed by atoms with Gasteiger partial charge < -0.3 is 15.5 Å². The molecule has 1 aromatic heterocycles. The SMILES string of the molecule is Cc1nc(-c2ccc(S(=O)(=O)N[C@@H](CN)C(=O)N3CCN(C)CC3)cc2)cs1.